The number of nitrogens with zero attached hydrogens (tertiary/aromatic N) is 2. The summed E-state index contributed by atoms with van der Waals surface area (Å²) in [5.41, 5.74) is 0.829. The van der Waals surface area contributed by atoms with E-state index in [1.54, 1.807) is 12.1 Å². The maximum absolute atomic E-state index is 12.6. The van der Waals surface area contributed by atoms with E-state index in [-0.39, 0.29) is 17.0 Å². The van der Waals surface area contributed by atoms with Crippen LogP contribution >= 0.6 is 0 Å². The van der Waals surface area contributed by atoms with Crippen molar-refractivity contribution in [1.82, 2.24) is 14.8 Å². The molecule has 1 aromatic carbocycles. The number of carbonyl (C=O) groups excluding carboxylic acids is 2. The standard InChI is InChI=1S/C16H17N3O5S/c1-3-11-8-12(24-18-11)9-17-15(20)10(2)19-16(21)13-6-4-5-7-14(13)25(19,22)23/h4-8,10H,3,9H2,1-2H3,(H,17,20)/t10-/m1/s1. The van der Waals surface area contributed by atoms with Gasteiger partial charge in [-0.1, -0.05) is 24.2 Å². The fourth-order valence-electron chi connectivity index (χ4n) is 2.62. The van der Waals surface area contributed by atoms with Crippen molar-refractivity contribution in [2.45, 2.75) is 37.8 Å². The van der Waals surface area contributed by atoms with Crippen molar-refractivity contribution in [3.63, 3.8) is 0 Å². The van der Waals surface area contributed by atoms with Crippen molar-refractivity contribution >= 4 is 21.8 Å². The maximum atomic E-state index is 12.6. The first-order chi connectivity index (χ1) is 11.9. The van der Waals surface area contributed by atoms with Crippen LogP contribution < -0.4 is 5.32 Å². The van der Waals surface area contributed by atoms with Gasteiger partial charge in [0, 0.05) is 6.07 Å². The summed E-state index contributed by atoms with van der Waals surface area (Å²) in [7, 11) is -4.04. The molecule has 0 spiro atoms. The molecule has 1 atom stereocenters. The molecule has 0 radical (unpaired) electrons. The van der Waals surface area contributed by atoms with Crippen LogP contribution in [0.15, 0.2) is 39.8 Å². The van der Waals surface area contributed by atoms with Gasteiger partial charge in [0.15, 0.2) is 5.76 Å². The van der Waals surface area contributed by atoms with Gasteiger partial charge in [-0.2, -0.15) is 0 Å². The minimum Gasteiger partial charge on any atom is -0.359 e. The van der Waals surface area contributed by atoms with Crippen LogP contribution in [0.3, 0.4) is 0 Å². The van der Waals surface area contributed by atoms with E-state index < -0.39 is 27.9 Å². The van der Waals surface area contributed by atoms with E-state index in [0.29, 0.717) is 16.5 Å². The van der Waals surface area contributed by atoms with E-state index in [1.165, 1.54) is 25.1 Å². The first kappa shape index (κ1) is 17.2. The largest absolute Gasteiger partial charge is 0.359 e. The van der Waals surface area contributed by atoms with Gasteiger partial charge in [-0.25, -0.2) is 12.7 Å². The van der Waals surface area contributed by atoms with E-state index in [9.17, 15) is 18.0 Å². The van der Waals surface area contributed by atoms with Gasteiger partial charge >= 0.3 is 0 Å². The van der Waals surface area contributed by atoms with Crippen molar-refractivity contribution < 1.29 is 22.5 Å². The number of carbonyl (C=O) groups is 2. The summed E-state index contributed by atoms with van der Waals surface area (Å²) in [4.78, 5) is 24.7. The highest BCUT2D eigenvalue weighted by Crippen LogP contribution is 2.31. The molecular weight excluding hydrogens is 346 g/mol. The third kappa shape index (κ3) is 2.91. The third-order valence-corrected chi connectivity index (χ3v) is 5.90. The molecule has 0 aliphatic carbocycles. The Bertz CT molecular complexity index is 935. The zero-order valence-electron chi connectivity index (χ0n) is 13.7. The van der Waals surface area contributed by atoms with Crippen LogP contribution in [-0.4, -0.2) is 35.7 Å². The monoisotopic (exact) mass is 363 g/mol. The molecule has 2 aromatic rings. The molecule has 2 amide bonds. The Hall–Kier alpha value is -2.68. The lowest BCUT2D eigenvalue weighted by Crippen LogP contribution is -2.47. The predicted molar refractivity (Wildman–Crippen MR) is 87.0 cm³/mol. The molecule has 132 valence electrons. The summed E-state index contributed by atoms with van der Waals surface area (Å²) < 4.78 is 30.8. The van der Waals surface area contributed by atoms with Crippen LogP contribution in [0.1, 0.15) is 35.7 Å². The number of hydrogen-bond donors (Lipinski definition) is 1. The molecule has 0 unspecified atom stereocenters. The Morgan fingerprint density at radius 2 is 2.08 bits per heavy atom. The molecule has 25 heavy (non-hydrogen) atoms. The lowest BCUT2D eigenvalue weighted by atomic mass is 10.2. The molecule has 0 fully saturated rings. The Morgan fingerprint density at radius 1 is 1.36 bits per heavy atom. The molecule has 1 aromatic heterocycles. The van der Waals surface area contributed by atoms with E-state index in [0.717, 1.165) is 5.69 Å². The van der Waals surface area contributed by atoms with Gasteiger partial charge < -0.3 is 9.84 Å². The molecule has 8 nitrogen and oxygen atoms in total. The molecule has 0 bridgehead atoms. The van der Waals surface area contributed by atoms with Crippen LogP contribution in [0.4, 0.5) is 0 Å². The minimum atomic E-state index is -4.04. The highest BCUT2D eigenvalue weighted by molar-refractivity contribution is 7.90. The average Bonchev–Trinajstić information content (AvgIpc) is 3.14. The molecule has 0 saturated carbocycles. The molecule has 1 aliphatic rings. The van der Waals surface area contributed by atoms with Crippen molar-refractivity contribution in [3.05, 3.63) is 47.3 Å². The number of hydrogen-bond acceptors (Lipinski definition) is 6. The first-order valence-electron chi connectivity index (χ1n) is 7.76. The molecule has 9 heteroatoms. The number of sulfonamides is 1. The van der Waals surface area contributed by atoms with Crippen molar-refractivity contribution in [2.24, 2.45) is 0 Å². The van der Waals surface area contributed by atoms with Gasteiger partial charge in [0.1, 0.15) is 10.9 Å². The highest BCUT2D eigenvalue weighted by atomic mass is 32.2. The lowest BCUT2D eigenvalue weighted by Gasteiger charge is -2.22. The van der Waals surface area contributed by atoms with Crippen LogP contribution in [0, 0.1) is 0 Å². The van der Waals surface area contributed by atoms with Crippen molar-refractivity contribution in [3.8, 4) is 0 Å². The van der Waals surface area contributed by atoms with Gasteiger partial charge in [0.25, 0.3) is 15.9 Å². The number of amides is 2. The highest BCUT2D eigenvalue weighted by Gasteiger charge is 2.45. The molecule has 0 saturated heterocycles. The maximum Gasteiger partial charge on any atom is 0.269 e. The summed E-state index contributed by atoms with van der Waals surface area (Å²) in [5, 5.41) is 6.38. The predicted octanol–water partition coefficient (Wildman–Crippen LogP) is 1.09. The molecule has 1 aliphatic heterocycles. The Balaban J connectivity index is 1.75. The molecule has 1 N–H and O–H groups in total. The Morgan fingerprint density at radius 3 is 2.72 bits per heavy atom. The minimum absolute atomic E-state index is 0.0607. The van der Waals surface area contributed by atoms with E-state index in [4.69, 9.17) is 4.52 Å². The molecule has 3 rings (SSSR count). The Labute approximate surface area is 144 Å². The summed E-state index contributed by atoms with van der Waals surface area (Å²) in [5.74, 6) is -0.846. The lowest BCUT2D eigenvalue weighted by molar-refractivity contribution is -0.124. The topological polar surface area (TPSA) is 110 Å². The summed E-state index contributed by atoms with van der Waals surface area (Å²) in [6.07, 6.45) is 0.701. The number of fused-ring (bicyclic) bond motifs is 1. The van der Waals surface area contributed by atoms with Crippen molar-refractivity contribution in [2.75, 3.05) is 0 Å². The van der Waals surface area contributed by atoms with Gasteiger partial charge in [-0.05, 0) is 25.5 Å². The van der Waals surface area contributed by atoms with Gasteiger partial charge in [-0.15, -0.1) is 0 Å². The smallest absolute Gasteiger partial charge is 0.269 e. The first-order valence-corrected chi connectivity index (χ1v) is 9.20. The fraction of sp³-hybridized carbons (Fsp3) is 0.312. The van der Waals surface area contributed by atoms with Crippen molar-refractivity contribution in [1.29, 1.82) is 0 Å². The fourth-order valence-corrected chi connectivity index (χ4v) is 4.34. The SMILES string of the molecule is CCc1cc(CNC(=O)[C@@H](C)N2C(=O)c3ccccc3S2(=O)=O)on1. The number of aromatic nitrogens is 1. The quantitative estimate of drug-likeness (QED) is 0.851. The van der Waals surface area contributed by atoms with Crippen LogP contribution in [0.2, 0.25) is 0 Å². The van der Waals surface area contributed by atoms with Crippen LogP contribution in [0.5, 0.6) is 0 Å². The summed E-state index contributed by atoms with van der Waals surface area (Å²) in [6.45, 7) is 3.35. The second-order valence-corrected chi connectivity index (χ2v) is 7.42. The second kappa shape index (κ2) is 6.32. The number of benzene rings is 1. The van der Waals surface area contributed by atoms with Gasteiger partial charge in [-0.3, -0.25) is 9.59 Å². The zero-order chi connectivity index (χ0) is 18.2. The number of rotatable bonds is 5. The average molecular weight is 363 g/mol. The van der Waals surface area contributed by atoms with Crippen LogP contribution in [0.25, 0.3) is 0 Å². The normalized spacial score (nSPS) is 16.6. The van der Waals surface area contributed by atoms with E-state index in [2.05, 4.69) is 10.5 Å². The van der Waals surface area contributed by atoms with E-state index in [1.807, 2.05) is 6.92 Å². The summed E-state index contributed by atoms with van der Waals surface area (Å²) >= 11 is 0. The number of nitrogens with one attached hydrogen (secondary N) is 1. The summed E-state index contributed by atoms with van der Waals surface area (Å²) in [6, 6.07) is 6.43. The molecule has 2 heterocycles. The van der Waals surface area contributed by atoms with Crippen LogP contribution in [-0.2, 0) is 27.8 Å². The molecular formula is C16H17N3O5S. The van der Waals surface area contributed by atoms with E-state index >= 15 is 0 Å². The number of aryl methyl sites for hydroxylation is 1. The van der Waals surface area contributed by atoms with Gasteiger partial charge in [0.2, 0.25) is 5.91 Å². The zero-order valence-corrected chi connectivity index (χ0v) is 14.5. The second-order valence-electron chi connectivity index (χ2n) is 5.63. The van der Waals surface area contributed by atoms with Gasteiger partial charge in [0.05, 0.1) is 17.8 Å². The Kier molecular flexibility index (Phi) is 4.34. The third-order valence-electron chi connectivity index (χ3n) is 3.99.